The second-order valence-electron chi connectivity index (χ2n) is 6.59. The standard InChI is InChI=1S/C23H23NO5/c1-16-12-21(17(2)24(16)14-20-8-5-11-28-20)22(25)15-29-23(26)10-9-18-6-4-7-19(13-18)27-3/h4-13H,14-15H2,1-3H3. The number of ketones is 1. The van der Waals surface area contributed by atoms with Crippen molar-refractivity contribution in [3.05, 3.63) is 83.1 Å². The highest BCUT2D eigenvalue weighted by Crippen LogP contribution is 2.18. The molecule has 0 fully saturated rings. The summed E-state index contributed by atoms with van der Waals surface area (Å²) in [7, 11) is 1.58. The zero-order valence-electron chi connectivity index (χ0n) is 16.7. The van der Waals surface area contributed by atoms with E-state index in [-0.39, 0.29) is 12.4 Å². The van der Waals surface area contributed by atoms with Crippen LogP contribution in [0.4, 0.5) is 0 Å². The van der Waals surface area contributed by atoms with Crippen LogP contribution in [0.25, 0.3) is 6.08 Å². The fraction of sp³-hybridized carbons (Fsp3) is 0.217. The van der Waals surface area contributed by atoms with E-state index in [9.17, 15) is 9.59 Å². The summed E-state index contributed by atoms with van der Waals surface area (Å²) in [6, 6.07) is 12.8. The minimum atomic E-state index is -0.578. The fourth-order valence-electron chi connectivity index (χ4n) is 3.06. The number of carbonyl (C=O) groups excluding carboxylic acids is 2. The first-order valence-corrected chi connectivity index (χ1v) is 9.19. The molecule has 0 spiro atoms. The van der Waals surface area contributed by atoms with E-state index in [1.165, 1.54) is 6.08 Å². The van der Waals surface area contributed by atoms with Crippen molar-refractivity contribution in [3.8, 4) is 5.75 Å². The van der Waals surface area contributed by atoms with Crippen LogP contribution < -0.4 is 4.74 Å². The highest BCUT2D eigenvalue weighted by Gasteiger charge is 2.17. The number of nitrogens with zero attached hydrogens (tertiary/aromatic N) is 1. The Kier molecular flexibility index (Phi) is 6.34. The van der Waals surface area contributed by atoms with Crippen LogP contribution >= 0.6 is 0 Å². The van der Waals surface area contributed by atoms with Gasteiger partial charge in [-0.15, -0.1) is 0 Å². The molecule has 0 aliphatic rings. The van der Waals surface area contributed by atoms with Gasteiger partial charge in [-0.1, -0.05) is 12.1 Å². The van der Waals surface area contributed by atoms with E-state index >= 15 is 0 Å². The molecule has 0 unspecified atom stereocenters. The van der Waals surface area contributed by atoms with Gasteiger partial charge in [0.25, 0.3) is 0 Å². The topological polar surface area (TPSA) is 70.7 Å². The van der Waals surface area contributed by atoms with E-state index < -0.39 is 5.97 Å². The van der Waals surface area contributed by atoms with E-state index in [0.29, 0.717) is 17.9 Å². The van der Waals surface area contributed by atoms with Gasteiger partial charge in [0.05, 0.1) is 19.9 Å². The Morgan fingerprint density at radius 1 is 1.14 bits per heavy atom. The number of hydrogen-bond donors (Lipinski definition) is 0. The van der Waals surface area contributed by atoms with Gasteiger partial charge in [-0.2, -0.15) is 0 Å². The summed E-state index contributed by atoms with van der Waals surface area (Å²) < 4.78 is 17.6. The van der Waals surface area contributed by atoms with Crippen molar-refractivity contribution >= 4 is 17.8 Å². The molecule has 0 radical (unpaired) electrons. The van der Waals surface area contributed by atoms with Crippen molar-refractivity contribution in [3.63, 3.8) is 0 Å². The lowest BCUT2D eigenvalue weighted by Gasteiger charge is -2.08. The Balaban J connectivity index is 1.60. The quantitative estimate of drug-likeness (QED) is 0.326. The van der Waals surface area contributed by atoms with Crippen LogP contribution in [-0.2, 0) is 16.1 Å². The molecule has 0 N–H and O–H groups in total. The zero-order chi connectivity index (χ0) is 20.8. The molecule has 1 aromatic carbocycles. The van der Waals surface area contributed by atoms with E-state index in [1.807, 2.05) is 48.7 Å². The highest BCUT2D eigenvalue weighted by atomic mass is 16.5. The first kappa shape index (κ1) is 20.2. The number of esters is 1. The summed E-state index contributed by atoms with van der Waals surface area (Å²) in [6.45, 7) is 4.02. The number of carbonyl (C=O) groups is 2. The molecule has 0 atom stereocenters. The molecule has 0 saturated carbocycles. The highest BCUT2D eigenvalue weighted by molar-refractivity contribution is 6.00. The average molecular weight is 393 g/mol. The Morgan fingerprint density at radius 3 is 2.69 bits per heavy atom. The van der Waals surface area contributed by atoms with Gasteiger partial charge in [-0.05, 0) is 55.8 Å². The number of aromatic nitrogens is 1. The van der Waals surface area contributed by atoms with Gasteiger partial charge in [0.15, 0.2) is 6.61 Å². The van der Waals surface area contributed by atoms with Gasteiger partial charge >= 0.3 is 5.97 Å². The molecule has 0 bridgehead atoms. The number of rotatable bonds is 8. The number of methoxy groups -OCH3 is 1. The second-order valence-corrected chi connectivity index (χ2v) is 6.59. The largest absolute Gasteiger partial charge is 0.497 e. The molecule has 2 aromatic heterocycles. The minimum absolute atomic E-state index is 0.244. The van der Waals surface area contributed by atoms with Crippen molar-refractivity contribution in [1.29, 1.82) is 0 Å². The van der Waals surface area contributed by atoms with Crippen molar-refractivity contribution in [2.24, 2.45) is 0 Å². The van der Waals surface area contributed by atoms with Crippen LogP contribution in [0, 0.1) is 13.8 Å². The van der Waals surface area contributed by atoms with Crippen molar-refractivity contribution in [2.75, 3.05) is 13.7 Å². The predicted molar refractivity (Wildman–Crippen MR) is 109 cm³/mol. The van der Waals surface area contributed by atoms with Crippen molar-refractivity contribution < 1.29 is 23.5 Å². The van der Waals surface area contributed by atoms with Gasteiger partial charge in [-0.3, -0.25) is 4.79 Å². The van der Waals surface area contributed by atoms with Gasteiger partial charge in [-0.25, -0.2) is 4.79 Å². The third-order valence-corrected chi connectivity index (χ3v) is 4.62. The van der Waals surface area contributed by atoms with Crippen LogP contribution in [0.1, 0.15) is 33.1 Å². The lowest BCUT2D eigenvalue weighted by atomic mass is 10.1. The number of Topliss-reactive ketones (excluding diaryl/α,β-unsaturated/α-hetero) is 1. The summed E-state index contributed by atoms with van der Waals surface area (Å²) in [4.78, 5) is 24.5. The fourth-order valence-corrected chi connectivity index (χ4v) is 3.06. The maximum Gasteiger partial charge on any atom is 0.331 e. The Hall–Kier alpha value is -3.54. The minimum Gasteiger partial charge on any atom is -0.497 e. The molecule has 2 heterocycles. The SMILES string of the molecule is COc1cccc(C=CC(=O)OCC(=O)c2cc(C)n(Cc3ccco3)c2C)c1. The van der Waals surface area contributed by atoms with E-state index in [1.54, 1.807) is 31.6 Å². The number of furan rings is 1. The van der Waals surface area contributed by atoms with Gasteiger partial charge in [0, 0.05) is 23.0 Å². The Bertz CT molecular complexity index is 1030. The van der Waals surface area contributed by atoms with Crippen LogP contribution in [-0.4, -0.2) is 30.0 Å². The number of aryl methyl sites for hydroxylation is 1. The molecule has 0 saturated heterocycles. The van der Waals surface area contributed by atoms with Crippen molar-refractivity contribution in [2.45, 2.75) is 20.4 Å². The zero-order valence-corrected chi connectivity index (χ0v) is 16.7. The van der Waals surface area contributed by atoms with E-state index in [4.69, 9.17) is 13.9 Å². The maximum absolute atomic E-state index is 12.5. The number of ether oxygens (including phenoxy) is 2. The molecule has 0 aliphatic heterocycles. The first-order valence-electron chi connectivity index (χ1n) is 9.19. The lowest BCUT2D eigenvalue weighted by molar-refractivity contribution is -0.136. The summed E-state index contributed by atoms with van der Waals surface area (Å²) in [5, 5.41) is 0. The molecular formula is C23H23NO5. The second kappa shape index (κ2) is 9.10. The van der Waals surface area contributed by atoms with E-state index in [0.717, 1.165) is 22.7 Å². The van der Waals surface area contributed by atoms with Crippen LogP contribution in [0.3, 0.4) is 0 Å². The molecular weight excluding hydrogens is 370 g/mol. The molecule has 29 heavy (non-hydrogen) atoms. The Labute approximate surface area is 169 Å². The smallest absolute Gasteiger partial charge is 0.331 e. The monoisotopic (exact) mass is 393 g/mol. The average Bonchev–Trinajstić information content (AvgIpc) is 3.34. The van der Waals surface area contributed by atoms with Crippen molar-refractivity contribution in [1.82, 2.24) is 4.57 Å². The number of hydrogen-bond acceptors (Lipinski definition) is 5. The van der Waals surface area contributed by atoms with Crippen LogP contribution in [0.15, 0.2) is 59.2 Å². The van der Waals surface area contributed by atoms with Crippen LogP contribution in [0.2, 0.25) is 0 Å². The van der Waals surface area contributed by atoms with Gasteiger partial charge < -0.3 is 18.5 Å². The first-order chi connectivity index (χ1) is 14.0. The molecule has 150 valence electrons. The molecule has 0 aliphatic carbocycles. The van der Waals surface area contributed by atoms with E-state index in [2.05, 4.69) is 0 Å². The summed E-state index contributed by atoms with van der Waals surface area (Å²) in [5.41, 5.74) is 3.09. The molecule has 6 nitrogen and oxygen atoms in total. The lowest BCUT2D eigenvalue weighted by Crippen LogP contribution is -2.13. The van der Waals surface area contributed by atoms with Gasteiger partial charge in [0.1, 0.15) is 11.5 Å². The predicted octanol–water partition coefficient (Wildman–Crippen LogP) is 4.19. The molecule has 0 amide bonds. The summed E-state index contributed by atoms with van der Waals surface area (Å²) >= 11 is 0. The van der Waals surface area contributed by atoms with Gasteiger partial charge in [0.2, 0.25) is 5.78 Å². The molecule has 3 aromatic rings. The third-order valence-electron chi connectivity index (χ3n) is 4.62. The third kappa shape index (κ3) is 5.04. The molecule has 6 heteroatoms. The molecule has 3 rings (SSSR count). The summed E-state index contributed by atoms with van der Waals surface area (Å²) in [5.74, 6) is 0.679. The maximum atomic E-state index is 12.5. The number of benzene rings is 1. The van der Waals surface area contributed by atoms with Crippen LogP contribution in [0.5, 0.6) is 5.75 Å². The normalized spacial score (nSPS) is 11.0. The Morgan fingerprint density at radius 2 is 1.97 bits per heavy atom. The summed E-state index contributed by atoms with van der Waals surface area (Å²) in [6.07, 6.45) is 4.53.